The second-order valence-electron chi connectivity index (χ2n) is 1.81. The number of hydrogen-bond donors (Lipinski definition) is 1. The van der Waals surface area contributed by atoms with Crippen LogP contribution in [0.15, 0.2) is 0 Å². The number of hydrogen-bond acceptors (Lipinski definition) is 5. The van der Waals surface area contributed by atoms with Crippen LogP contribution in [0.2, 0.25) is 0 Å². The van der Waals surface area contributed by atoms with E-state index >= 15 is 0 Å². The number of methoxy groups -OCH3 is 1. The van der Waals surface area contributed by atoms with E-state index in [0.717, 1.165) is 7.11 Å². The molecule has 0 aliphatic heterocycles. The zero-order chi connectivity index (χ0) is 9.14. The molecule has 8 heteroatoms. The van der Waals surface area contributed by atoms with Crippen LogP contribution in [0.5, 0.6) is 0 Å². The molecule has 14 heavy (non-hydrogen) atoms. The molecule has 1 rings (SSSR count). The number of esters is 1. The Bertz CT molecular complexity index is 325. The Morgan fingerprint density at radius 1 is 1.71 bits per heavy atom. The average Bonchev–Trinajstić information content (AvgIpc) is 2.50. The van der Waals surface area contributed by atoms with Crippen LogP contribution in [-0.4, -0.2) is 28.2 Å². The second kappa shape index (κ2) is 6.61. The SMILES string of the molecule is COC(=O)c1[nH]n[c-]c1[N+](=O)[O-].[CH3-].[Y]. The summed E-state index contributed by atoms with van der Waals surface area (Å²) >= 11 is 0. The van der Waals surface area contributed by atoms with Crippen molar-refractivity contribution in [1.82, 2.24) is 10.2 Å². The maximum atomic E-state index is 10.8. The summed E-state index contributed by atoms with van der Waals surface area (Å²) in [6.07, 6.45) is 2.01. The zero-order valence-electron chi connectivity index (χ0n) is 7.60. The summed E-state index contributed by atoms with van der Waals surface area (Å²) in [5.41, 5.74) is -0.815. The Hall–Kier alpha value is -0.816. The van der Waals surface area contributed by atoms with E-state index in [-0.39, 0.29) is 45.8 Å². The maximum absolute atomic E-state index is 10.8. The minimum absolute atomic E-state index is 0. The molecule has 0 fully saturated rings. The normalized spacial score (nSPS) is 8.07. The Kier molecular flexibility index (Phi) is 7.39. The van der Waals surface area contributed by atoms with Crippen molar-refractivity contribution < 1.29 is 47.2 Å². The van der Waals surface area contributed by atoms with Gasteiger partial charge >= 0.3 is 0 Å². The van der Waals surface area contributed by atoms with Gasteiger partial charge in [0.1, 0.15) is 0 Å². The molecule has 0 atom stereocenters. The predicted octanol–water partition coefficient (Wildman–Crippen LogP) is 0.352. The van der Waals surface area contributed by atoms with E-state index in [9.17, 15) is 14.9 Å². The minimum atomic E-state index is -0.838. The van der Waals surface area contributed by atoms with Gasteiger partial charge in [-0.25, -0.2) is 0 Å². The number of nitrogens with one attached hydrogen (secondary N) is 1. The van der Waals surface area contributed by atoms with Gasteiger partial charge in [0, 0.05) is 37.6 Å². The third-order valence-corrected chi connectivity index (χ3v) is 1.14. The number of aromatic nitrogens is 2. The first-order chi connectivity index (χ1) is 5.66. The van der Waals surface area contributed by atoms with E-state index in [4.69, 9.17) is 0 Å². The van der Waals surface area contributed by atoms with Crippen molar-refractivity contribution in [3.8, 4) is 0 Å². The summed E-state index contributed by atoms with van der Waals surface area (Å²) in [4.78, 5) is 20.2. The van der Waals surface area contributed by atoms with Gasteiger partial charge < -0.3 is 22.4 Å². The minimum Gasteiger partial charge on any atom is -0.478 e. The fraction of sp³-hybridized carbons (Fsp3) is 0.167. The molecule has 1 aromatic heterocycles. The van der Waals surface area contributed by atoms with Crippen molar-refractivity contribution in [3.63, 3.8) is 0 Å². The van der Waals surface area contributed by atoms with Crippen LogP contribution < -0.4 is 0 Å². The number of nitro groups is 1. The van der Waals surface area contributed by atoms with Gasteiger partial charge in [0.05, 0.1) is 12.8 Å². The molecule has 1 N–H and O–H groups in total. The molecule has 0 aliphatic rings. The van der Waals surface area contributed by atoms with Crippen LogP contribution >= 0.6 is 0 Å². The number of carbonyl (C=O) groups excluding carboxylic acids is 1. The average molecular weight is 274 g/mol. The van der Waals surface area contributed by atoms with E-state index < -0.39 is 16.6 Å². The fourth-order valence-electron chi connectivity index (χ4n) is 0.622. The van der Waals surface area contributed by atoms with Crippen LogP contribution in [0.25, 0.3) is 0 Å². The molecule has 75 valence electrons. The largest absolute Gasteiger partial charge is 0.478 e. The van der Waals surface area contributed by atoms with E-state index in [1.807, 2.05) is 6.20 Å². The van der Waals surface area contributed by atoms with Crippen LogP contribution in [0, 0.1) is 23.7 Å². The number of nitrogens with zero attached hydrogens (tertiary/aromatic N) is 2. The van der Waals surface area contributed by atoms with Crippen LogP contribution in [0.1, 0.15) is 10.5 Å². The molecule has 0 aliphatic carbocycles. The molecular weight excluding hydrogens is 267 g/mol. The van der Waals surface area contributed by atoms with E-state index in [1.54, 1.807) is 0 Å². The molecule has 0 bridgehead atoms. The topological polar surface area (TPSA) is 98.1 Å². The van der Waals surface area contributed by atoms with E-state index in [1.165, 1.54) is 0 Å². The summed E-state index contributed by atoms with van der Waals surface area (Å²) in [7, 11) is 1.12. The number of rotatable bonds is 2. The molecule has 0 unspecified atom stereocenters. The summed E-state index contributed by atoms with van der Waals surface area (Å²) in [5, 5.41) is 15.5. The number of ether oxygens (including phenoxy) is 1. The third kappa shape index (κ3) is 3.15. The molecule has 7 nitrogen and oxygen atoms in total. The predicted molar refractivity (Wildman–Crippen MR) is 41.8 cm³/mol. The van der Waals surface area contributed by atoms with E-state index in [2.05, 4.69) is 14.9 Å². The summed E-state index contributed by atoms with van der Waals surface area (Å²) in [5.74, 6) is -0.838. The Morgan fingerprint density at radius 3 is 2.71 bits per heavy atom. The first-order valence-corrected chi connectivity index (χ1v) is 2.85. The molecule has 1 heterocycles. The standard InChI is InChI=1S/C5H4N3O4.CH3.Y/c1-12-5(9)4-3(8(10)11)2-6-7-4;;/h1H3,(H,6,7);1H3;/q2*-1;. The van der Waals surface area contributed by atoms with E-state index in [0.29, 0.717) is 0 Å². The Morgan fingerprint density at radius 2 is 2.29 bits per heavy atom. The van der Waals surface area contributed by atoms with Gasteiger partial charge in [0.25, 0.3) is 5.97 Å². The van der Waals surface area contributed by atoms with Crippen molar-refractivity contribution in [1.29, 1.82) is 0 Å². The van der Waals surface area contributed by atoms with Gasteiger partial charge in [-0.3, -0.25) is 14.9 Å². The van der Waals surface area contributed by atoms with Crippen LogP contribution in [0.3, 0.4) is 0 Å². The summed E-state index contributed by atoms with van der Waals surface area (Å²) in [6, 6.07) is 0. The summed E-state index contributed by atoms with van der Waals surface area (Å²) < 4.78 is 4.25. The van der Waals surface area contributed by atoms with Crippen LogP contribution in [-0.2, 0) is 37.4 Å². The van der Waals surface area contributed by atoms with Crippen molar-refractivity contribution in [2.75, 3.05) is 7.11 Å². The molecule has 0 saturated heterocycles. The van der Waals surface area contributed by atoms with Gasteiger partial charge in [-0.2, -0.15) is 0 Å². The maximum Gasteiger partial charge on any atom is 0.278 e. The number of H-pyrrole nitrogens is 1. The monoisotopic (exact) mass is 274 g/mol. The first-order valence-electron chi connectivity index (χ1n) is 2.85. The molecule has 0 amide bonds. The quantitative estimate of drug-likeness (QED) is 0.363. The first kappa shape index (κ1) is 15.6. The Labute approximate surface area is 105 Å². The van der Waals surface area contributed by atoms with Crippen molar-refractivity contribution in [2.45, 2.75) is 0 Å². The molecule has 1 radical (unpaired) electrons. The van der Waals surface area contributed by atoms with Crippen molar-refractivity contribution in [3.05, 3.63) is 29.4 Å². The fourth-order valence-corrected chi connectivity index (χ4v) is 0.622. The number of carbonyl (C=O) groups is 1. The van der Waals surface area contributed by atoms with Crippen molar-refractivity contribution >= 4 is 11.7 Å². The molecular formula is C6H7N3O4Y-2. The van der Waals surface area contributed by atoms with Crippen molar-refractivity contribution in [2.24, 2.45) is 0 Å². The summed E-state index contributed by atoms with van der Waals surface area (Å²) in [6.45, 7) is 0. The molecule has 1 aromatic rings. The number of aromatic amines is 1. The zero-order valence-corrected chi connectivity index (χ0v) is 10.4. The molecule has 0 aromatic carbocycles. The second-order valence-corrected chi connectivity index (χ2v) is 1.81. The van der Waals surface area contributed by atoms with Crippen LogP contribution in [0.4, 0.5) is 5.69 Å². The van der Waals surface area contributed by atoms with Gasteiger partial charge in [0.15, 0.2) is 5.69 Å². The van der Waals surface area contributed by atoms with Gasteiger partial charge in [-0.1, -0.05) is 0 Å². The van der Waals surface area contributed by atoms with Gasteiger partial charge in [0.2, 0.25) is 0 Å². The third-order valence-electron chi connectivity index (χ3n) is 1.14. The van der Waals surface area contributed by atoms with Gasteiger partial charge in [-0.15, -0.1) is 0 Å². The Balaban J connectivity index is 0. The smallest absolute Gasteiger partial charge is 0.278 e. The molecule has 0 saturated carbocycles. The molecule has 0 spiro atoms. The van der Waals surface area contributed by atoms with Gasteiger partial charge in [-0.05, 0) is 6.20 Å².